The van der Waals surface area contributed by atoms with Crippen molar-refractivity contribution < 1.29 is 8.42 Å². The molecular formula is C7H15NO2S. The van der Waals surface area contributed by atoms with Crippen LogP contribution in [0.3, 0.4) is 0 Å². The summed E-state index contributed by atoms with van der Waals surface area (Å²) in [5, 5.41) is 0. The number of hydrogen-bond donors (Lipinski definition) is 1. The SMILES string of the molecule is C=CCS(=O)(=O)CCC(C)N. The summed E-state index contributed by atoms with van der Waals surface area (Å²) >= 11 is 0. The van der Waals surface area contributed by atoms with Crippen LogP contribution in [0.2, 0.25) is 0 Å². The molecule has 0 heterocycles. The normalized spacial score (nSPS) is 14.4. The first kappa shape index (κ1) is 10.7. The van der Waals surface area contributed by atoms with Crippen LogP contribution in [-0.2, 0) is 9.84 Å². The van der Waals surface area contributed by atoms with Gasteiger partial charge in [0, 0.05) is 6.04 Å². The van der Waals surface area contributed by atoms with Gasteiger partial charge in [-0.3, -0.25) is 0 Å². The van der Waals surface area contributed by atoms with E-state index >= 15 is 0 Å². The lowest BCUT2D eigenvalue weighted by molar-refractivity contribution is 0.590. The maximum Gasteiger partial charge on any atom is 0.153 e. The van der Waals surface area contributed by atoms with Crippen LogP contribution in [-0.4, -0.2) is 26.0 Å². The Kier molecular flexibility index (Phi) is 4.37. The molecule has 4 heteroatoms. The first-order chi connectivity index (χ1) is 4.98. The van der Waals surface area contributed by atoms with Crippen molar-refractivity contribution in [2.45, 2.75) is 19.4 Å². The van der Waals surface area contributed by atoms with Crippen LogP contribution in [0.25, 0.3) is 0 Å². The minimum Gasteiger partial charge on any atom is -0.328 e. The van der Waals surface area contributed by atoms with Gasteiger partial charge in [0.25, 0.3) is 0 Å². The van der Waals surface area contributed by atoms with Crippen molar-refractivity contribution in [2.24, 2.45) is 5.73 Å². The Labute approximate surface area is 68.2 Å². The van der Waals surface area contributed by atoms with E-state index in [9.17, 15) is 8.42 Å². The van der Waals surface area contributed by atoms with Crippen LogP contribution < -0.4 is 5.73 Å². The largest absolute Gasteiger partial charge is 0.328 e. The zero-order valence-electron chi connectivity index (χ0n) is 6.79. The van der Waals surface area contributed by atoms with E-state index in [2.05, 4.69) is 6.58 Å². The summed E-state index contributed by atoms with van der Waals surface area (Å²) in [6, 6.07) is -0.0467. The first-order valence-corrected chi connectivity index (χ1v) is 5.37. The van der Waals surface area contributed by atoms with E-state index in [0.29, 0.717) is 6.42 Å². The fourth-order valence-corrected chi connectivity index (χ4v) is 1.89. The summed E-state index contributed by atoms with van der Waals surface area (Å²) in [7, 11) is -2.92. The van der Waals surface area contributed by atoms with Crippen molar-refractivity contribution in [3.8, 4) is 0 Å². The second-order valence-electron chi connectivity index (χ2n) is 2.67. The van der Waals surface area contributed by atoms with Crippen LogP contribution in [0.4, 0.5) is 0 Å². The smallest absolute Gasteiger partial charge is 0.153 e. The highest BCUT2D eigenvalue weighted by atomic mass is 32.2. The maximum absolute atomic E-state index is 11.0. The van der Waals surface area contributed by atoms with Crippen LogP contribution >= 0.6 is 0 Å². The number of hydrogen-bond acceptors (Lipinski definition) is 3. The molecule has 3 nitrogen and oxygen atoms in total. The average molecular weight is 177 g/mol. The molecule has 0 saturated carbocycles. The summed E-state index contributed by atoms with van der Waals surface area (Å²) in [6.45, 7) is 5.16. The Morgan fingerprint density at radius 2 is 2.18 bits per heavy atom. The molecule has 1 atom stereocenters. The predicted molar refractivity (Wildman–Crippen MR) is 47.1 cm³/mol. The minimum atomic E-state index is -2.92. The highest BCUT2D eigenvalue weighted by molar-refractivity contribution is 7.91. The third-order valence-corrected chi connectivity index (χ3v) is 2.86. The molecule has 0 bridgehead atoms. The highest BCUT2D eigenvalue weighted by Crippen LogP contribution is 1.96. The Bertz CT molecular complexity index is 206. The topological polar surface area (TPSA) is 60.2 Å². The average Bonchev–Trinajstić information content (AvgIpc) is 1.84. The summed E-state index contributed by atoms with van der Waals surface area (Å²) in [4.78, 5) is 0. The Balaban J connectivity index is 3.83. The van der Waals surface area contributed by atoms with E-state index < -0.39 is 9.84 Å². The minimum absolute atomic E-state index is 0.0467. The van der Waals surface area contributed by atoms with Crippen molar-refractivity contribution in [3.05, 3.63) is 12.7 Å². The molecule has 1 unspecified atom stereocenters. The van der Waals surface area contributed by atoms with Crippen molar-refractivity contribution in [1.82, 2.24) is 0 Å². The lowest BCUT2D eigenvalue weighted by Gasteiger charge is -2.03. The third kappa shape index (κ3) is 6.06. The predicted octanol–water partition coefficient (Wildman–Crippen LogP) is 0.325. The second kappa shape index (κ2) is 4.51. The summed E-state index contributed by atoms with van der Waals surface area (Å²) in [5.74, 6) is 0.219. The van der Waals surface area contributed by atoms with Gasteiger partial charge in [0.15, 0.2) is 9.84 Å². The monoisotopic (exact) mass is 177 g/mol. The Morgan fingerprint density at radius 3 is 2.55 bits per heavy atom. The number of rotatable bonds is 5. The fraction of sp³-hybridized carbons (Fsp3) is 0.714. The fourth-order valence-electron chi connectivity index (χ4n) is 0.628. The van der Waals surface area contributed by atoms with E-state index in [1.54, 1.807) is 6.92 Å². The van der Waals surface area contributed by atoms with Gasteiger partial charge in [-0.05, 0) is 13.3 Å². The number of sulfone groups is 1. The Hall–Kier alpha value is -0.350. The van der Waals surface area contributed by atoms with Crippen LogP contribution in [0.15, 0.2) is 12.7 Å². The van der Waals surface area contributed by atoms with Gasteiger partial charge in [0.2, 0.25) is 0 Å². The van der Waals surface area contributed by atoms with Crippen molar-refractivity contribution in [3.63, 3.8) is 0 Å². The lowest BCUT2D eigenvalue weighted by Crippen LogP contribution is -2.20. The maximum atomic E-state index is 11.0. The zero-order chi connectivity index (χ0) is 8.91. The molecule has 0 aromatic heterocycles. The van der Waals surface area contributed by atoms with Gasteiger partial charge in [0.05, 0.1) is 11.5 Å². The van der Waals surface area contributed by atoms with Gasteiger partial charge in [-0.15, -0.1) is 6.58 Å². The van der Waals surface area contributed by atoms with Crippen molar-refractivity contribution in [2.75, 3.05) is 11.5 Å². The van der Waals surface area contributed by atoms with E-state index in [-0.39, 0.29) is 17.5 Å². The molecule has 0 rings (SSSR count). The molecular weight excluding hydrogens is 162 g/mol. The molecule has 0 fully saturated rings. The first-order valence-electron chi connectivity index (χ1n) is 3.55. The van der Waals surface area contributed by atoms with Crippen LogP contribution in [0, 0.1) is 0 Å². The summed E-state index contributed by atoms with van der Waals surface area (Å²) < 4.78 is 22.0. The molecule has 0 radical (unpaired) electrons. The van der Waals surface area contributed by atoms with Gasteiger partial charge < -0.3 is 5.73 Å². The molecule has 2 N–H and O–H groups in total. The molecule has 66 valence electrons. The van der Waals surface area contributed by atoms with Gasteiger partial charge in [-0.2, -0.15) is 0 Å². The molecule has 0 saturated heterocycles. The quantitative estimate of drug-likeness (QED) is 0.615. The molecule has 11 heavy (non-hydrogen) atoms. The van der Waals surface area contributed by atoms with Crippen molar-refractivity contribution >= 4 is 9.84 Å². The molecule has 0 spiro atoms. The number of nitrogens with two attached hydrogens (primary N) is 1. The molecule has 0 aromatic rings. The zero-order valence-corrected chi connectivity index (χ0v) is 7.60. The molecule has 0 aliphatic carbocycles. The molecule has 0 aliphatic rings. The summed E-state index contributed by atoms with van der Waals surface area (Å²) in [6.07, 6.45) is 1.92. The van der Waals surface area contributed by atoms with Gasteiger partial charge in [-0.25, -0.2) is 8.42 Å². The van der Waals surface area contributed by atoms with Crippen molar-refractivity contribution in [1.29, 1.82) is 0 Å². The molecule has 0 aromatic carbocycles. The third-order valence-electron chi connectivity index (χ3n) is 1.26. The summed E-state index contributed by atoms with van der Waals surface area (Å²) in [5.41, 5.74) is 5.41. The van der Waals surface area contributed by atoms with Crippen LogP contribution in [0.5, 0.6) is 0 Å². The molecule has 0 amide bonds. The van der Waals surface area contributed by atoms with Crippen LogP contribution in [0.1, 0.15) is 13.3 Å². The van der Waals surface area contributed by atoms with Gasteiger partial charge in [0.1, 0.15) is 0 Å². The second-order valence-corrected chi connectivity index (χ2v) is 4.90. The standard InChI is InChI=1S/C7H15NO2S/c1-3-5-11(9,10)6-4-7(2)8/h3,7H,1,4-6,8H2,2H3. The van der Waals surface area contributed by atoms with E-state index in [1.165, 1.54) is 6.08 Å². The van der Waals surface area contributed by atoms with Gasteiger partial charge >= 0.3 is 0 Å². The molecule has 0 aliphatic heterocycles. The van der Waals surface area contributed by atoms with Gasteiger partial charge in [-0.1, -0.05) is 6.08 Å². The van der Waals surface area contributed by atoms with E-state index in [1.807, 2.05) is 0 Å². The van der Waals surface area contributed by atoms with E-state index in [0.717, 1.165) is 0 Å². The van der Waals surface area contributed by atoms with E-state index in [4.69, 9.17) is 5.73 Å². The lowest BCUT2D eigenvalue weighted by atomic mass is 10.3. The highest BCUT2D eigenvalue weighted by Gasteiger charge is 2.08. The Morgan fingerprint density at radius 1 is 1.64 bits per heavy atom.